The molecule has 0 bridgehead atoms. The minimum Gasteiger partial charge on any atom is -0.376 e. The number of hydrogen-bond donors (Lipinski definition) is 1. The number of nitrogens with one attached hydrogen (secondary N) is 1. The molecule has 0 saturated carbocycles. The van der Waals surface area contributed by atoms with Crippen LogP contribution in [-0.2, 0) is 6.54 Å². The summed E-state index contributed by atoms with van der Waals surface area (Å²) in [6.07, 6.45) is 2.14. The normalized spacial score (nSPS) is 14.4. The van der Waals surface area contributed by atoms with Gasteiger partial charge in [0.1, 0.15) is 0 Å². The molecule has 0 unspecified atom stereocenters. The second kappa shape index (κ2) is 6.36. The first-order valence-electron chi connectivity index (χ1n) is 7.25. The minimum atomic E-state index is 0.0487. The molecule has 1 N–H and O–H groups in total. The van der Waals surface area contributed by atoms with Gasteiger partial charge in [0.25, 0.3) is 5.91 Å². The Kier molecular flexibility index (Phi) is 4.29. The summed E-state index contributed by atoms with van der Waals surface area (Å²) in [6.45, 7) is 3.77. The van der Waals surface area contributed by atoms with Gasteiger partial charge in [-0.15, -0.1) is 0 Å². The van der Waals surface area contributed by atoms with Crippen molar-refractivity contribution in [3.8, 4) is 0 Å². The largest absolute Gasteiger partial charge is 0.376 e. The number of aromatic nitrogens is 2. The van der Waals surface area contributed by atoms with Crippen LogP contribution in [0.1, 0.15) is 34.9 Å². The monoisotopic (exact) mass is 320 g/mol. The smallest absolute Gasteiger partial charge is 0.253 e. The molecule has 0 atom stereocenters. The maximum atomic E-state index is 12.4. The molecule has 2 heterocycles. The average molecular weight is 321 g/mol. The Morgan fingerprint density at radius 2 is 2.18 bits per heavy atom. The van der Waals surface area contributed by atoms with Crippen molar-refractivity contribution in [2.45, 2.75) is 26.3 Å². The molecular weight excluding hydrogens is 304 g/mol. The van der Waals surface area contributed by atoms with Crippen molar-refractivity contribution in [2.24, 2.45) is 0 Å². The van der Waals surface area contributed by atoms with Crippen molar-refractivity contribution in [1.29, 1.82) is 0 Å². The lowest BCUT2D eigenvalue weighted by molar-refractivity contribution is 0.0793. The predicted octanol–water partition coefficient (Wildman–Crippen LogP) is 2.88. The van der Waals surface area contributed by atoms with Crippen molar-refractivity contribution < 1.29 is 9.32 Å². The number of rotatable bonds is 4. The topological polar surface area (TPSA) is 71.3 Å². The molecule has 7 heteroatoms. The van der Waals surface area contributed by atoms with Gasteiger partial charge in [0.2, 0.25) is 5.89 Å². The van der Waals surface area contributed by atoms with Crippen molar-refractivity contribution in [2.75, 3.05) is 18.4 Å². The van der Waals surface area contributed by atoms with Gasteiger partial charge in [-0.3, -0.25) is 4.79 Å². The fraction of sp³-hybridized carbons (Fsp3) is 0.400. The average Bonchev–Trinajstić information content (AvgIpc) is 3.17. The SMILES string of the molecule is Cc1nc(CNc2cc(C(=O)N3CCCC3)ccc2Cl)no1. The lowest BCUT2D eigenvalue weighted by atomic mass is 10.1. The van der Waals surface area contributed by atoms with Gasteiger partial charge in [0.05, 0.1) is 17.3 Å². The van der Waals surface area contributed by atoms with Crippen LogP contribution in [0.3, 0.4) is 0 Å². The lowest BCUT2D eigenvalue weighted by Crippen LogP contribution is -2.27. The van der Waals surface area contributed by atoms with E-state index in [9.17, 15) is 4.79 Å². The Labute approximate surface area is 133 Å². The highest BCUT2D eigenvalue weighted by atomic mass is 35.5. The predicted molar refractivity (Wildman–Crippen MR) is 83.0 cm³/mol. The van der Waals surface area contributed by atoms with Crippen LogP contribution in [-0.4, -0.2) is 34.0 Å². The summed E-state index contributed by atoms with van der Waals surface area (Å²) in [6, 6.07) is 5.26. The first-order chi connectivity index (χ1) is 10.6. The molecule has 116 valence electrons. The van der Waals surface area contributed by atoms with Crippen LogP contribution in [0.5, 0.6) is 0 Å². The quantitative estimate of drug-likeness (QED) is 0.938. The zero-order valence-electron chi connectivity index (χ0n) is 12.3. The maximum Gasteiger partial charge on any atom is 0.253 e. The summed E-state index contributed by atoms with van der Waals surface area (Å²) in [4.78, 5) is 18.4. The van der Waals surface area contributed by atoms with Gasteiger partial charge in [-0.05, 0) is 31.0 Å². The Morgan fingerprint density at radius 3 is 2.86 bits per heavy atom. The number of amides is 1. The summed E-state index contributed by atoms with van der Waals surface area (Å²) in [5, 5.41) is 7.51. The van der Waals surface area contributed by atoms with Gasteiger partial charge < -0.3 is 14.7 Å². The highest BCUT2D eigenvalue weighted by molar-refractivity contribution is 6.33. The molecule has 0 radical (unpaired) electrons. The van der Waals surface area contributed by atoms with Gasteiger partial charge in [-0.2, -0.15) is 4.98 Å². The summed E-state index contributed by atoms with van der Waals surface area (Å²) in [7, 11) is 0. The van der Waals surface area contributed by atoms with Crippen LogP contribution in [0.2, 0.25) is 5.02 Å². The number of aryl methyl sites for hydroxylation is 1. The third-order valence-corrected chi connectivity index (χ3v) is 3.94. The van der Waals surface area contributed by atoms with Gasteiger partial charge in [0.15, 0.2) is 5.82 Å². The summed E-state index contributed by atoms with van der Waals surface area (Å²) in [5.41, 5.74) is 1.33. The second-order valence-electron chi connectivity index (χ2n) is 5.28. The van der Waals surface area contributed by atoms with Crippen LogP contribution in [0.25, 0.3) is 0 Å². The molecule has 0 spiro atoms. The van der Waals surface area contributed by atoms with Crippen molar-refractivity contribution in [3.63, 3.8) is 0 Å². The number of nitrogens with zero attached hydrogens (tertiary/aromatic N) is 3. The van der Waals surface area contributed by atoms with Gasteiger partial charge in [0, 0.05) is 25.6 Å². The summed E-state index contributed by atoms with van der Waals surface area (Å²) >= 11 is 6.18. The number of carbonyl (C=O) groups excluding carboxylic acids is 1. The van der Waals surface area contributed by atoms with E-state index in [1.165, 1.54) is 0 Å². The fourth-order valence-corrected chi connectivity index (χ4v) is 2.67. The highest BCUT2D eigenvalue weighted by Crippen LogP contribution is 2.25. The Morgan fingerprint density at radius 1 is 1.41 bits per heavy atom. The van der Waals surface area contributed by atoms with Gasteiger partial charge >= 0.3 is 0 Å². The number of hydrogen-bond acceptors (Lipinski definition) is 5. The van der Waals surface area contributed by atoms with E-state index in [4.69, 9.17) is 16.1 Å². The minimum absolute atomic E-state index is 0.0487. The molecule has 3 rings (SSSR count). The fourth-order valence-electron chi connectivity index (χ4n) is 2.48. The Balaban J connectivity index is 1.73. The molecule has 1 fully saturated rings. The third kappa shape index (κ3) is 3.22. The van der Waals surface area contributed by atoms with E-state index in [1.807, 2.05) is 4.90 Å². The molecule has 1 aliphatic rings. The first kappa shape index (κ1) is 14.8. The second-order valence-corrected chi connectivity index (χ2v) is 5.68. The number of anilines is 1. The molecule has 1 aromatic heterocycles. The first-order valence-corrected chi connectivity index (χ1v) is 7.63. The zero-order valence-corrected chi connectivity index (χ0v) is 13.1. The number of benzene rings is 1. The molecule has 1 aliphatic heterocycles. The van der Waals surface area contributed by atoms with E-state index in [0.717, 1.165) is 25.9 Å². The van der Waals surface area contributed by atoms with E-state index < -0.39 is 0 Å². The zero-order chi connectivity index (χ0) is 15.5. The number of halogens is 1. The van der Waals surface area contributed by atoms with E-state index >= 15 is 0 Å². The molecule has 1 saturated heterocycles. The van der Waals surface area contributed by atoms with Crippen LogP contribution in [0.4, 0.5) is 5.69 Å². The summed E-state index contributed by atoms with van der Waals surface area (Å²) < 4.78 is 4.92. The van der Waals surface area contributed by atoms with Crippen LogP contribution in [0, 0.1) is 6.92 Å². The van der Waals surface area contributed by atoms with Crippen LogP contribution < -0.4 is 5.32 Å². The standard InChI is InChI=1S/C15H17ClN4O2/c1-10-18-14(19-22-10)9-17-13-8-11(4-5-12(13)16)15(21)20-6-2-3-7-20/h4-5,8,17H,2-3,6-7,9H2,1H3. The lowest BCUT2D eigenvalue weighted by Gasteiger charge is -2.16. The molecule has 2 aromatic rings. The van der Waals surface area contributed by atoms with Crippen molar-refractivity contribution in [3.05, 3.63) is 40.5 Å². The number of likely N-dealkylation sites (tertiary alicyclic amines) is 1. The van der Waals surface area contributed by atoms with Crippen molar-refractivity contribution in [1.82, 2.24) is 15.0 Å². The van der Waals surface area contributed by atoms with Gasteiger partial charge in [-0.25, -0.2) is 0 Å². The molecular formula is C15H17ClN4O2. The highest BCUT2D eigenvalue weighted by Gasteiger charge is 2.20. The van der Waals surface area contributed by atoms with E-state index in [2.05, 4.69) is 15.5 Å². The van der Waals surface area contributed by atoms with E-state index in [0.29, 0.717) is 34.5 Å². The molecule has 1 aromatic carbocycles. The Hall–Kier alpha value is -2.08. The Bertz CT molecular complexity index is 680. The van der Waals surface area contributed by atoms with Crippen LogP contribution >= 0.6 is 11.6 Å². The van der Waals surface area contributed by atoms with Crippen LogP contribution in [0.15, 0.2) is 22.7 Å². The van der Waals surface area contributed by atoms with E-state index in [1.54, 1.807) is 25.1 Å². The molecule has 0 aliphatic carbocycles. The van der Waals surface area contributed by atoms with E-state index in [-0.39, 0.29) is 5.91 Å². The van der Waals surface area contributed by atoms with Crippen molar-refractivity contribution >= 4 is 23.2 Å². The molecule has 22 heavy (non-hydrogen) atoms. The van der Waals surface area contributed by atoms with Gasteiger partial charge in [-0.1, -0.05) is 16.8 Å². The summed E-state index contributed by atoms with van der Waals surface area (Å²) in [5.74, 6) is 1.11. The molecule has 1 amide bonds. The molecule has 6 nitrogen and oxygen atoms in total. The maximum absolute atomic E-state index is 12.4. The third-order valence-electron chi connectivity index (χ3n) is 3.61. The number of carbonyl (C=O) groups is 1.